The van der Waals surface area contributed by atoms with Crippen molar-refractivity contribution in [3.8, 4) is 0 Å². The molecule has 0 heterocycles. The van der Waals surface area contributed by atoms with Crippen LogP contribution in [0.3, 0.4) is 0 Å². The molecule has 0 N–H and O–H groups in total. The molecule has 0 saturated heterocycles. The van der Waals surface area contributed by atoms with Crippen LogP contribution in [0.2, 0.25) is 0 Å². The van der Waals surface area contributed by atoms with Gasteiger partial charge < -0.3 is 0 Å². The molecule has 0 amide bonds. The van der Waals surface area contributed by atoms with E-state index in [0.29, 0.717) is 0 Å². The van der Waals surface area contributed by atoms with Gasteiger partial charge in [0.1, 0.15) is 0 Å². The molecule has 0 nitrogen and oxygen atoms in total. The molecule has 0 fully saturated rings. The largest absolute Gasteiger partial charge is 0.0616 e. The molecular weight excluding hydrogens is 228 g/mol. The van der Waals surface area contributed by atoms with Crippen LogP contribution >= 0.6 is 0 Å². The summed E-state index contributed by atoms with van der Waals surface area (Å²) in [5.74, 6) is 0. The molecule has 0 spiro atoms. The van der Waals surface area contributed by atoms with E-state index in [1.807, 2.05) is 0 Å². The van der Waals surface area contributed by atoms with Gasteiger partial charge >= 0.3 is 0 Å². The first-order valence-electron chi connectivity index (χ1n) is 6.90. The quantitative estimate of drug-likeness (QED) is 0.454. The maximum absolute atomic E-state index is 2.30. The standard InChI is InChI=1S/C19H20/c1-13-14-9-5-7-11-16(14)18(19(2,3)4)17-12-8-6-10-15(13)17/h5-12H,1-4H3. The van der Waals surface area contributed by atoms with E-state index in [1.54, 1.807) is 0 Å². The molecule has 19 heavy (non-hydrogen) atoms. The van der Waals surface area contributed by atoms with Crippen molar-refractivity contribution in [1.82, 2.24) is 0 Å². The second-order valence-electron chi connectivity index (χ2n) is 6.34. The maximum Gasteiger partial charge on any atom is -0.0120 e. The highest BCUT2D eigenvalue weighted by Crippen LogP contribution is 2.38. The number of aryl methyl sites for hydroxylation is 1. The molecule has 3 aromatic carbocycles. The van der Waals surface area contributed by atoms with Gasteiger partial charge in [-0.3, -0.25) is 0 Å². The highest BCUT2D eigenvalue weighted by atomic mass is 14.2. The molecule has 0 saturated carbocycles. The topological polar surface area (TPSA) is 0 Å². The number of hydrogen-bond acceptors (Lipinski definition) is 0. The summed E-state index contributed by atoms with van der Waals surface area (Å²) in [6.45, 7) is 9.14. The van der Waals surface area contributed by atoms with Crippen LogP contribution in [0, 0.1) is 6.92 Å². The molecule has 0 aliphatic heterocycles. The Labute approximate surface area is 115 Å². The van der Waals surface area contributed by atoms with Crippen molar-refractivity contribution >= 4 is 21.5 Å². The monoisotopic (exact) mass is 248 g/mol. The van der Waals surface area contributed by atoms with E-state index in [9.17, 15) is 0 Å². The highest BCUT2D eigenvalue weighted by Gasteiger charge is 2.21. The molecule has 0 aliphatic rings. The predicted octanol–water partition coefficient (Wildman–Crippen LogP) is 5.60. The minimum Gasteiger partial charge on any atom is -0.0616 e. The molecular formula is C19H20. The number of benzene rings is 3. The maximum atomic E-state index is 2.30. The summed E-state index contributed by atoms with van der Waals surface area (Å²) < 4.78 is 0. The van der Waals surface area contributed by atoms with Crippen LogP contribution in [0.1, 0.15) is 31.9 Å². The van der Waals surface area contributed by atoms with Crippen molar-refractivity contribution < 1.29 is 0 Å². The van der Waals surface area contributed by atoms with Crippen molar-refractivity contribution in [3.05, 3.63) is 59.7 Å². The third kappa shape index (κ3) is 1.83. The summed E-state index contributed by atoms with van der Waals surface area (Å²) in [7, 11) is 0. The second kappa shape index (κ2) is 4.09. The molecule has 0 atom stereocenters. The van der Waals surface area contributed by atoms with Crippen LogP contribution in [0.25, 0.3) is 21.5 Å². The van der Waals surface area contributed by atoms with E-state index in [4.69, 9.17) is 0 Å². The first-order valence-corrected chi connectivity index (χ1v) is 6.90. The van der Waals surface area contributed by atoms with Crippen molar-refractivity contribution in [3.63, 3.8) is 0 Å². The molecule has 3 aromatic rings. The van der Waals surface area contributed by atoms with Gasteiger partial charge in [0.2, 0.25) is 0 Å². The van der Waals surface area contributed by atoms with Crippen LogP contribution in [-0.4, -0.2) is 0 Å². The summed E-state index contributed by atoms with van der Waals surface area (Å²) >= 11 is 0. The molecule has 0 radical (unpaired) electrons. The summed E-state index contributed by atoms with van der Waals surface area (Å²) in [6, 6.07) is 17.6. The SMILES string of the molecule is Cc1c2ccccc2c(C(C)(C)C)c2ccccc12. The van der Waals surface area contributed by atoms with Crippen molar-refractivity contribution in [2.45, 2.75) is 33.1 Å². The van der Waals surface area contributed by atoms with Gasteiger partial charge in [0, 0.05) is 0 Å². The molecule has 0 aromatic heterocycles. The van der Waals surface area contributed by atoms with Gasteiger partial charge in [0.15, 0.2) is 0 Å². The van der Waals surface area contributed by atoms with Crippen LogP contribution in [-0.2, 0) is 5.41 Å². The summed E-state index contributed by atoms with van der Waals surface area (Å²) in [6.07, 6.45) is 0. The fourth-order valence-corrected chi connectivity index (χ4v) is 3.15. The number of rotatable bonds is 0. The lowest BCUT2D eigenvalue weighted by Gasteiger charge is -2.25. The zero-order valence-corrected chi connectivity index (χ0v) is 12.1. The van der Waals surface area contributed by atoms with Crippen molar-refractivity contribution in [2.24, 2.45) is 0 Å². The van der Waals surface area contributed by atoms with Gasteiger partial charge in [0.05, 0.1) is 0 Å². The highest BCUT2D eigenvalue weighted by molar-refractivity contribution is 6.06. The average Bonchev–Trinajstić information content (AvgIpc) is 2.38. The van der Waals surface area contributed by atoms with E-state index in [1.165, 1.54) is 32.7 Å². The Kier molecular flexibility index (Phi) is 2.63. The van der Waals surface area contributed by atoms with Gasteiger partial charge in [-0.1, -0.05) is 69.3 Å². The summed E-state index contributed by atoms with van der Waals surface area (Å²) in [4.78, 5) is 0. The molecule has 3 rings (SSSR count). The lowest BCUT2D eigenvalue weighted by Crippen LogP contribution is -2.13. The van der Waals surface area contributed by atoms with E-state index >= 15 is 0 Å². The molecule has 0 bridgehead atoms. The van der Waals surface area contributed by atoms with Crippen LogP contribution in [0.15, 0.2) is 48.5 Å². The fraction of sp³-hybridized carbons (Fsp3) is 0.263. The normalized spacial score (nSPS) is 12.2. The van der Waals surface area contributed by atoms with E-state index in [0.717, 1.165) is 0 Å². The number of fused-ring (bicyclic) bond motifs is 2. The lowest BCUT2D eigenvalue weighted by atomic mass is 9.79. The van der Waals surface area contributed by atoms with Gasteiger partial charge in [-0.05, 0) is 45.0 Å². The molecule has 96 valence electrons. The molecule has 0 unspecified atom stereocenters. The van der Waals surface area contributed by atoms with E-state index in [-0.39, 0.29) is 5.41 Å². The van der Waals surface area contributed by atoms with Gasteiger partial charge in [-0.15, -0.1) is 0 Å². The van der Waals surface area contributed by atoms with E-state index < -0.39 is 0 Å². The van der Waals surface area contributed by atoms with Crippen LogP contribution in [0.4, 0.5) is 0 Å². The third-order valence-electron chi connectivity index (χ3n) is 3.95. The van der Waals surface area contributed by atoms with Gasteiger partial charge in [-0.2, -0.15) is 0 Å². The Morgan fingerprint density at radius 1 is 0.632 bits per heavy atom. The third-order valence-corrected chi connectivity index (χ3v) is 3.95. The Hall–Kier alpha value is -1.82. The number of hydrogen-bond donors (Lipinski definition) is 0. The zero-order chi connectivity index (χ0) is 13.6. The Morgan fingerprint density at radius 3 is 1.37 bits per heavy atom. The van der Waals surface area contributed by atoms with Crippen LogP contribution in [0.5, 0.6) is 0 Å². The second-order valence-corrected chi connectivity index (χ2v) is 6.34. The molecule has 0 aliphatic carbocycles. The van der Waals surface area contributed by atoms with Crippen molar-refractivity contribution in [2.75, 3.05) is 0 Å². The van der Waals surface area contributed by atoms with E-state index in [2.05, 4.69) is 76.2 Å². The lowest BCUT2D eigenvalue weighted by molar-refractivity contribution is 0.601. The minimum atomic E-state index is 0.146. The Morgan fingerprint density at radius 2 is 1.00 bits per heavy atom. The molecule has 0 heteroatoms. The average molecular weight is 248 g/mol. The predicted molar refractivity (Wildman–Crippen MR) is 84.9 cm³/mol. The smallest absolute Gasteiger partial charge is 0.0120 e. The Balaban J connectivity index is 2.65. The first-order chi connectivity index (χ1) is 9.00. The summed E-state index contributed by atoms with van der Waals surface area (Å²) in [5, 5.41) is 5.55. The van der Waals surface area contributed by atoms with Gasteiger partial charge in [-0.25, -0.2) is 0 Å². The zero-order valence-electron chi connectivity index (χ0n) is 12.1. The summed E-state index contributed by atoms with van der Waals surface area (Å²) in [5.41, 5.74) is 3.00. The first kappa shape index (κ1) is 12.2. The fourth-order valence-electron chi connectivity index (χ4n) is 3.15. The van der Waals surface area contributed by atoms with Crippen molar-refractivity contribution in [1.29, 1.82) is 0 Å². The Bertz CT molecular complexity index is 701. The van der Waals surface area contributed by atoms with Gasteiger partial charge in [0.25, 0.3) is 0 Å². The van der Waals surface area contributed by atoms with Crippen LogP contribution < -0.4 is 0 Å². The minimum absolute atomic E-state index is 0.146.